The van der Waals surface area contributed by atoms with E-state index in [0.29, 0.717) is 18.1 Å². The van der Waals surface area contributed by atoms with Crippen LogP contribution < -0.4 is 15.4 Å². The minimum absolute atomic E-state index is 0.0853. The fourth-order valence-electron chi connectivity index (χ4n) is 2.78. The first-order chi connectivity index (χ1) is 12.4. The van der Waals surface area contributed by atoms with E-state index in [1.165, 1.54) is 0 Å². The van der Waals surface area contributed by atoms with Crippen LogP contribution in [0.3, 0.4) is 0 Å². The summed E-state index contributed by atoms with van der Waals surface area (Å²) < 4.78 is 19.2. The minimum atomic E-state index is -0.203. The monoisotopic (exact) mass is 358 g/mol. The molecule has 0 aliphatic carbocycles. The van der Waals surface area contributed by atoms with Crippen molar-refractivity contribution < 1.29 is 9.13 Å². The Labute approximate surface area is 154 Å². The zero-order chi connectivity index (χ0) is 19.3. The molecule has 0 aliphatic rings. The highest BCUT2D eigenvalue weighted by molar-refractivity contribution is 5.80. The van der Waals surface area contributed by atoms with Crippen molar-refractivity contribution >= 4 is 5.96 Å². The van der Waals surface area contributed by atoms with E-state index >= 15 is 0 Å². The Bertz CT molecular complexity index is 805. The van der Waals surface area contributed by atoms with Gasteiger partial charge in [0.2, 0.25) is 0 Å². The van der Waals surface area contributed by atoms with Gasteiger partial charge in [0.15, 0.2) is 5.96 Å². The van der Waals surface area contributed by atoms with Gasteiger partial charge in [0.1, 0.15) is 11.6 Å². The van der Waals surface area contributed by atoms with Crippen molar-refractivity contribution in [3.63, 3.8) is 0 Å². The average molecular weight is 358 g/mol. The molecule has 2 aromatic rings. The highest BCUT2D eigenvalue weighted by atomic mass is 19.1. The van der Waals surface area contributed by atoms with Gasteiger partial charge in [-0.25, -0.2) is 4.39 Å². The fraction of sp³-hybridized carbons (Fsp3) is 0.400. The molecule has 6 heteroatoms. The molecule has 2 N–H and O–H groups in total. The van der Waals surface area contributed by atoms with Crippen LogP contribution in [0.1, 0.15) is 40.9 Å². The number of methoxy groups -OCH3 is 1. The molecule has 0 fully saturated rings. The molecular formula is C20H27FN4O. The molecule has 1 atom stereocenters. The number of nitrogens with one attached hydrogen (secondary N) is 2. The molecule has 2 rings (SSSR count). The topological polar surface area (TPSA) is 58.5 Å². The highest BCUT2D eigenvalue weighted by Gasteiger charge is 2.12. The lowest BCUT2D eigenvalue weighted by Crippen LogP contribution is -2.38. The summed E-state index contributed by atoms with van der Waals surface area (Å²) >= 11 is 0. The van der Waals surface area contributed by atoms with Crippen molar-refractivity contribution in [1.29, 1.82) is 0 Å². The van der Waals surface area contributed by atoms with Crippen molar-refractivity contribution in [2.75, 3.05) is 14.2 Å². The molecule has 0 radical (unpaired) electrons. The number of rotatable bonds is 5. The zero-order valence-corrected chi connectivity index (χ0v) is 16.3. The minimum Gasteiger partial charge on any atom is -0.496 e. The summed E-state index contributed by atoms with van der Waals surface area (Å²) in [6.07, 6.45) is 1.80. The Balaban J connectivity index is 2.05. The summed E-state index contributed by atoms with van der Waals surface area (Å²) in [5, 5.41) is 6.52. The molecule has 0 saturated carbocycles. The molecule has 0 spiro atoms. The predicted octanol–water partition coefficient (Wildman–Crippen LogP) is 3.58. The number of benzene rings is 1. The number of pyridine rings is 1. The van der Waals surface area contributed by atoms with Crippen LogP contribution in [0.5, 0.6) is 5.75 Å². The fourth-order valence-corrected chi connectivity index (χ4v) is 2.78. The molecule has 1 heterocycles. The van der Waals surface area contributed by atoms with Gasteiger partial charge < -0.3 is 15.4 Å². The van der Waals surface area contributed by atoms with Gasteiger partial charge in [-0.2, -0.15) is 0 Å². The van der Waals surface area contributed by atoms with Gasteiger partial charge in [-0.1, -0.05) is 12.1 Å². The first kappa shape index (κ1) is 19.7. The second kappa shape index (κ2) is 8.65. The van der Waals surface area contributed by atoms with Crippen LogP contribution in [0.4, 0.5) is 4.39 Å². The summed E-state index contributed by atoms with van der Waals surface area (Å²) in [6.45, 7) is 8.19. The summed E-state index contributed by atoms with van der Waals surface area (Å²) in [5.74, 6) is 1.27. The Hall–Kier alpha value is -2.63. The molecule has 1 aromatic carbocycles. The summed E-state index contributed by atoms with van der Waals surface area (Å²) in [7, 11) is 3.36. The number of ether oxygens (including phenoxy) is 1. The molecule has 5 nitrogen and oxygen atoms in total. The van der Waals surface area contributed by atoms with Crippen LogP contribution in [0.15, 0.2) is 29.4 Å². The number of aryl methyl sites for hydroxylation is 2. The third kappa shape index (κ3) is 4.50. The van der Waals surface area contributed by atoms with Crippen LogP contribution in [0.2, 0.25) is 0 Å². The second-order valence-electron chi connectivity index (χ2n) is 6.35. The average Bonchev–Trinajstić information content (AvgIpc) is 2.62. The van der Waals surface area contributed by atoms with E-state index in [2.05, 4.69) is 20.6 Å². The first-order valence-corrected chi connectivity index (χ1v) is 8.59. The van der Waals surface area contributed by atoms with Gasteiger partial charge in [-0.05, 0) is 44.9 Å². The molecule has 26 heavy (non-hydrogen) atoms. The Morgan fingerprint density at radius 3 is 2.62 bits per heavy atom. The zero-order valence-electron chi connectivity index (χ0n) is 16.3. The van der Waals surface area contributed by atoms with E-state index in [9.17, 15) is 4.39 Å². The number of hydrogen-bond donors (Lipinski definition) is 2. The van der Waals surface area contributed by atoms with Crippen LogP contribution >= 0.6 is 0 Å². The largest absolute Gasteiger partial charge is 0.496 e. The van der Waals surface area contributed by atoms with E-state index in [4.69, 9.17) is 4.74 Å². The number of nitrogens with zero attached hydrogens (tertiary/aromatic N) is 2. The highest BCUT2D eigenvalue weighted by Crippen LogP contribution is 2.23. The lowest BCUT2D eigenvalue weighted by atomic mass is 10.1. The van der Waals surface area contributed by atoms with Crippen LogP contribution in [0.25, 0.3) is 0 Å². The number of halogens is 1. The van der Waals surface area contributed by atoms with E-state index in [0.717, 1.165) is 28.1 Å². The second-order valence-corrected chi connectivity index (χ2v) is 6.35. The Kier molecular flexibility index (Phi) is 6.55. The summed E-state index contributed by atoms with van der Waals surface area (Å²) in [5.41, 5.74) is 4.40. The van der Waals surface area contributed by atoms with Crippen molar-refractivity contribution in [3.8, 4) is 5.75 Å². The van der Waals surface area contributed by atoms with Gasteiger partial charge in [0, 0.05) is 24.4 Å². The van der Waals surface area contributed by atoms with E-state index in [1.54, 1.807) is 39.4 Å². The third-order valence-corrected chi connectivity index (χ3v) is 4.45. The van der Waals surface area contributed by atoms with Crippen LogP contribution in [-0.4, -0.2) is 25.1 Å². The maximum Gasteiger partial charge on any atom is 0.191 e. The van der Waals surface area contributed by atoms with E-state index in [1.807, 2.05) is 26.8 Å². The molecule has 0 amide bonds. The smallest absolute Gasteiger partial charge is 0.191 e. The summed E-state index contributed by atoms with van der Waals surface area (Å²) in [4.78, 5) is 8.72. The van der Waals surface area contributed by atoms with Gasteiger partial charge in [0.25, 0.3) is 0 Å². The molecule has 0 bridgehead atoms. The number of guanidine groups is 1. The predicted molar refractivity (Wildman–Crippen MR) is 103 cm³/mol. The van der Waals surface area contributed by atoms with Gasteiger partial charge in [-0.3, -0.25) is 9.98 Å². The lowest BCUT2D eigenvalue weighted by molar-refractivity contribution is 0.406. The molecule has 1 unspecified atom stereocenters. The number of aromatic nitrogens is 1. The van der Waals surface area contributed by atoms with Crippen molar-refractivity contribution in [2.45, 2.75) is 40.3 Å². The molecular weight excluding hydrogens is 331 g/mol. The Morgan fingerprint density at radius 1 is 1.27 bits per heavy atom. The molecule has 0 aliphatic heterocycles. The quantitative estimate of drug-likeness (QED) is 0.634. The third-order valence-electron chi connectivity index (χ3n) is 4.45. The van der Waals surface area contributed by atoms with Gasteiger partial charge in [0.05, 0.1) is 25.4 Å². The first-order valence-electron chi connectivity index (χ1n) is 8.59. The Morgan fingerprint density at radius 2 is 2.00 bits per heavy atom. The maximum atomic E-state index is 13.8. The van der Waals surface area contributed by atoms with Crippen LogP contribution in [-0.2, 0) is 6.54 Å². The number of hydrogen-bond acceptors (Lipinski definition) is 3. The molecule has 1 aromatic heterocycles. The van der Waals surface area contributed by atoms with Gasteiger partial charge >= 0.3 is 0 Å². The normalized spacial score (nSPS) is 12.7. The maximum absolute atomic E-state index is 13.8. The van der Waals surface area contributed by atoms with Crippen molar-refractivity contribution in [3.05, 3.63) is 58.2 Å². The summed E-state index contributed by atoms with van der Waals surface area (Å²) in [6, 6.07) is 5.17. The van der Waals surface area contributed by atoms with E-state index in [-0.39, 0.29) is 11.9 Å². The van der Waals surface area contributed by atoms with E-state index < -0.39 is 0 Å². The molecule has 140 valence electrons. The van der Waals surface area contributed by atoms with Gasteiger partial charge in [-0.15, -0.1) is 0 Å². The SMILES string of the molecule is CN=C(NCc1ncc(C)c(OC)c1C)NC(C)c1ccc(C)c(F)c1. The number of aliphatic imine (C=N–C) groups is 1. The molecule has 0 saturated heterocycles. The van der Waals surface area contributed by atoms with Crippen molar-refractivity contribution in [1.82, 2.24) is 15.6 Å². The lowest BCUT2D eigenvalue weighted by Gasteiger charge is -2.19. The van der Waals surface area contributed by atoms with Crippen LogP contribution in [0, 0.1) is 26.6 Å². The van der Waals surface area contributed by atoms with Crippen molar-refractivity contribution in [2.24, 2.45) is 4.99 Å². The standard InChI is InChI=1S/C20H27FN4O/c1-12-7-8-16(9-17(12)21)15(4)25-20(22-5)24-11-18-14(3)19(26-6)13(2)10-23-18/h7-10,15H,11H2,1-6H3,(H2,22,24,25).